The predicted octanol–water partition coefficient (Wildman–Crippen LogP) is 1.77. The van der Waals surface area contributed by atoms with Crippen molar-refractivity contribution >= 4 is 23.4 Å². The Hall–Kier alpha value is -3.34. The topological polar surface area (TPSA) is 146 Å². The van der Waals surface area contributed by atoms with Crippen LogP contribution in [0.1, 0.15) is 35.2 Å². The number of nitrogens with one attached hydrogen (secondary N) is 1. The van der Waals surface area contributed by atoms with Gasteiger partial charge in [0, 0.05) is 6.54 Å². The summed E-state index contributed by atoms with van der Waals surface area (Å²) < 4.78 is 12.2. The number of aromatic amines is 1. The first-order valence-electron chi connectivity index (χ1n) is 9.19. The number of thioether (sulfide) groups is 1. The number of benzene rings is 1. The summed E-state index contributed by atoms with van der Waals surface area (Å²) in [6, 6.07) is 7.53. The number of hydrogen-bond donors (Lipinski definition) is 2. The maximum atomic E-state index is 12.5. The smallest absolute Gasteiger partial charge is 0.329 e. The van der Waals surface area contributed by atoms with Crippen LogP contribution in [0.2, 0.25) is 0 Å². The number of carbonyl (C=O) groups is 1. The summed E-state index contributed by atoms with van der Waals surface area (Å²) in [6.07, 6.45) is 0.619. The summed E-state index contributed by atoms with van der Waals surface area (Å²) in [6.45, 7) is 4.18. The van der Waals surface area contributed by atoms with Gasteiger partial charge in [-0.2, -0.15) is 0 Å². The van der Waals surface area contributed by atoms with Crippen LogP contribution in [0.5, 0.6) is 5.75 Å². The molecule has 3 N–H and O–H groups in total. The molecule has 0 radical (unpaired) electrons. The van der Waals surface area contributed by atoms with E-state index in [9.17, 15) is 14.4 Å². The summed E-state index contributed by atoms with van der Waals surface area (Å²) in [7, 11) is 0. The van der Waals surface area contributed by atoms with E-state index in [4.69, 9.17) is 14.9 Å². The molecule has 0 aliphatic rings. The predicted molar refractivity (Wildman–Crippen MR) is 111 cm³/mol. The van der Waals surface area contributed by atoms with E-state index in [1.54, 1.807) is 0 Å². The number of ketones is 1. The molecule has 10 nitrogen and oxygen atoms in total. The molecule has 11 heteroatoms. The number of hydrogen-bond acceptors (Lipinski definition) is 9. The number of anilines is 1. The van der Waals surface area contributed by atoms with E-state index in [2.05, 4.69) is 15.2 Å². The lowest BCUT2D eigenvalue weighted by Gasteiger charge is -2.10. The molecule has 0 saturated carbocycles. The number of nitrogen functional groups attached to an aromatic ring is 1. The van der Waals surface area contributed by atoms with Gasteiger partial charge in [0.2, 0.25) is 0 Å². The molecule has 158 valence electrons. The van der Waals surface area contributed by atoms with Gasteiger partial charge in [0.25, 0.3) is 16.7 Å². The van der Waals surface area contributed by atoms with E-state index < -0.39 is 17.0 Å². The summed E-state index contributed by atoms with van der Waals surface area (Å²) in [5.41, 5.74) is 5.25. The van der Waals surface area contributed by atoms with Gasteiger partial charge >= 0.3 is 5.69 Å². The van der Waals surface area contributed by atoms with E-state index >= 15 is 0 Å². The SMILES string of the molecule is CCCn1c(N)c(C(=O)CSc2nnc(COc3cccc(C)c3)o2)c(=O)[nH]c1=O. The second-order valence-corrected chi connectivity index (χ2v) is 7.38. The van der Waals surface area contributed by atoms with Crippen molar-refractivity contribution in [1.82, 2.24) is 19.7 Å². The van der Waals surface area contributed by atoms with Crippen LogP contribution in [0.15, 0.2) is 43.5 Å². The van der Waals surface area contributed by atoms with Crippen LogP contribution in [-0.2, 0) is 13.2 Å². The molecule has 0 saturated heterocycles. The number of nitrogens with zero attached hydrogens (tertiary/aromatic N) is 3. The third kappa shape index (κ3) is 4.98. The summed E-state index contributed by atoms with van der Waals surface area (Å²) in [4.78, 5) is 38.6. The van der Waals surface area contributed by atoms with Gasteiger partial charge < -0.3 is 14.9 Å². The van der Waals surface area contributed by atoms with Crippen molar-refractivity contribution in [2.45, 2.75) is 38.6 Å². The summed E-state index contributed by atoms with van der Waals surface area (Å²) in [5, 5.41) is 7.89. The maximum absolute atomic E-state index is 12.5. The van der Waals surface area contributed by atoms with Crippen molar-refractivity contribution in [3.8, 4) is 5.75 Å². The molecular weight excluding hydrogens is 410 g/mol. The third-order valence-corrected chi connectivity index (χ3v) is 4.91. The van der Waals surface area contributed by atoms with Gasteiger partial charge in [-0.1, -0.05) is 30.8 Å². The van der Waals surface area contributed by atoms with Crippen LogP contribution < -0.4 is 21.7 Å². The number of nitrogens with two attached hydrogens (primary N) is 1. The van der Waals surface area contributed by atoms with Gasteiger partial charge in [0.15, 0.2) is 12.4 Å². The fourth-order valence-corrected chi connectivity index (χ4v) is 3.36. The van der Waals surface area contributed by atoms with Gasteiger partial charge in [-0.25, -0.2) is 4.79 Å². The van der Waals surface area contributed by atoms with Crippen LogP contribution in [0.25, 0.3) is 0 Å². The van der Waals surface area contributed by atoms with E-state index in [1.807, 2.05) is 38.1 Å². The first-order chi connectivity index (χ1) is 14.4. The number of carbonyl (C=O) groups excluding carboxylic acids is 1. The molecule has 0 amide bonds. The van der Waals surface area contributed by atoms with Crippen molar-refractivity contribution in [1.29, 1.82) is 0 Å². The van der Waals surface area contributed by atoms with Crippen molar-refractivity contribution in [3.05, 3.63) is 62.1 Å². The Bertz CT molecular complexity index is 1170. The fraction of sp³-hybridized carbons (Fsp3) is 0.316. The lowest BCUT2D eigenvalue weighted by Crippen LogP contribution is -2.36. The quantitative estimate of drug-likeness (QED) is 0.382. The molecule has 2 aromatic heterocycles. The summed E-state index contributed by atoms with van der Waals surface area (Å²) >= 11 is 0.968. The Morgan fingerprint density at radius 2 is 2.13 bits per heavy atom. The molecule has 3 rings (SSSR count). The zero-order valence-corrected chi connectivity index (χ0v) is 17.3. The largest absolute Gasteiger partial charge is 0.484 e. The highest BCUT2D eigenvalue weighted by molar-refractivity contribution is 7.99. The normalized spacial score (nSPS) is 10.9. The molecule has 0 aliphatic carbocycles. The van der Waals surface area contributed by atoms with Gasteiger partial charge in [-0.15, -0.1) is 10.2 Å². The second-order valence-electron chi connectivity index (χ2n) is 6.45. The molecule has 0 bridgehead atoms. The van der Waals surface area contributed by atoms with Gasteiger partial charge in [0.05, 0.1) is 5.75 Å². The number of rotatable bonds is 9. The number of ether oxygens (including phenoxy) is 1. The highest BCUT2D eigenvalue weighted by atomic mass is 32.2. The average Bonchev–Trinajstić information content (AvgIpc) is 3.16. The van der Waals surface area contributed by atoms with E-state index in [-0.39, 0.29) is 34.9 Å². The van der Waals surface area contributed by atoms with Crippen LogP contribution in [0.4, 0.5) is 5.82 Å². The Morgan fingerprint density at radius 1 is 1.33 bits per heavy atom. The van der Waals surface area contributed by atoms with Gasteiger partial charge in [0.1, 0.15) is 17.1 Å². The van der Waals surface area contributed by atoms with Crippen LogP contribution in [-0.4, -0.2) is 31.3 Å². The van der Waals surface area contributed by atoms with Crippen LogP contribution in [0.3, 0.4) is 0 Å². The minimum absolute atomic E-state index is 0.0829. The van der Waals surface area contributed by atoms with Crippen molar-refractivity contribution < 1.29 is 13.9 Å². The summed E-state index contributed by atoms with van der Waals surface area (Å²) in [5.74, 6) is 0.0842. The van der Waals surface area contributed by atoms with Crippen molar-refractivity contribution in [2.75, 3.05) is 11.5 Å². The highest BCUT2D eigenvalue weighted by Gasteiger charge is 2.20. The molecule has 1 aromatic carbocycles. The van der Waals surface area contributed by atoms with E-state index in [0.717, 1.165) is 17.3 Å². The maximum Gasteiger partial charge on any atom is 0.329 e. The third-order valence-electron chi connectivity index (χ3n) is 4.09. The second kappa shape index (κ2) is 9.44. The number of H-pyrrole nitrogens is 1. The fourth-order valence-electron chi connectivity index (χ4n) is 2.71. The van der Waals surface area contributed by atoms with Crippen molar-refractivity contribution in [2.24, 2.45) is 0 Å². The Balaban J connectivity index is 1.64. The molecule has 3 aromatic rings. The zero-order valence-electron chi connectivity index (χ0n) is 16.5. The Morgan fingerprint density at radius 3 is 2.87 bits per heavy atom. The molecule has 0 unspecified atom stereocenters. The zero-order chi connectivity index (χ0) is 21.7. The lowest BCUT2D eigenvalue weighted by atomic mass is 10.2. The molecule has 0 fully saturated rings. The monoisotopic (exact) mass is 431 g/mol. The first-order valence-corrected chi connectivity index (χ1v) is 10.2. The number of Topliss-reactive ketones (excluding diaryl/α,β-unsaturated/α-hetero) is 1. The Kier molecular flexibility index (Phi) is 6.72. The van der Waals surface area contributed by atoms with E-state index in [1.165, 1.54) is 4.57 Å². The molecule has 0 atom stereocenters. The van der Waals surface area contributed by atoms with Crippen LogP contribution in [0, 0.1) is 6.92 Å². The van der Waals surface area contributed by atoms with Crippen LogP contribution >= 0.6 is 11.8 Å². The minimum Gasteiger partial charge on any atom is -0.484 e. The molecule has 0 aliphatic heterocycles. The minimum atomic E-state index is -0.812. The number of aromatic nitrogens is 4. The standard InChI is InChI=1S/C19H21N5O5S/c1-3-7-24-16(20)15(17(26)21-18(24)27)13(25)10-30-19-23-22-14(29-19)9-28-12-6-4-5-11(2)8-12/h4-6,8H,3,7,9-10,20H2,1-2H3,(H,21,26,27). The molecule has 2 heterocycles. The average molecular weight is 431 g/mol. The molecule has 30 heavy (non-hydrogen) atoms. The number of aryl methyl sites for hydroxylation is 1. The lowest BCUT2D eigenvalue weighted by molar-refractivity contribution is 0.102. The van der Waals surface area contributed by atoms with Gasteiger partial charge in [-0.05, 0) is 31.0 Å². The van der Waals surface area contributed by atoms with Crippen molar-refractivity contribution in [3.63, 3.8) is 0 Å². The Labute approximate surface area is 175 Å². The molecular formula is C19H21N5O5S. The van der Waals surface area contributed by atoms with E-state index in [0.29, 0.717) is 18.7 Å². The van der Waals surface area contributed by atoms with Gasteiger partial charge in [-0.3, -0.25) is 19.1 Å². The molecule has 0 spiro atoms. The highest BCUT2D eigenvalue weighted by Crippen LogP contribution is 2.20. The first kappa shape index (κ1) is 21.4.